The highest BCUT2D eigenvalue weighted by atomic mass is 16.2. The Bertz CT molecular complexity index is 692. The molecule has 1 aromatic heterocycles. The van der Waals surface area contributed by atoms with E-state index in [9.17, 15) is 9.59 Å². The molecule has 0 saturated heterocycles. The van der Waals surface area contributed by atoms with Gasteiger partial charge in [0.05, 0.1) is 24.3 Å². The first-order valence-electron chi connectivity index (χ1n) is 6.81. The molecule has 2 amide bonds. The standard InChI is InChI=1S/C15H16N4O2/c1-10(20)18-12-4-2-3-11(7-12)15(21)19-6-5-13-14(8-19)17-9-16-13/h2-4,7,9H,5-6,8H2,1H3,(H,16,17)(H,18,20). The molecule has 21 heavy (non-hydrogen) atoms. The summed E-state index contributed by atoms with van der Waals surface area (Å²) in [5, 5.41) is 2.69. The number of amides is 2. The molecule has 2 N–H and O–H groups in total. The summed E-state index contributed by atoms with van der Waals surface area (Å²) in [6.07, 6.45) is 2.42. The van der Waals surface area contributed by atoms with Crippen LogP contribution < -0.4 is 5.32 Å². The molecule has 0 aliphatic carbocycles. The lowest BCUT2D eigenvalue weighted by molar-refractivity contribution is -0.114. The lowest BCUT2D eigenvalue weighted by atomic mass is 10.1. The fraction of sp³-hybridized carbons (Fsp3) is 0.267. The second-order valence-corrected chi connectivity index (χ2v) is 5.07. The minimum Gasteiger partial charge on any atom is -0.347 e. The number of aromatic nitrogens is 2. The molecule has 0 spiro atoms. The molecular formula is C15H16N4O2. The minimum absolute atomic E-state index is 0.0394. The van der Waals surface area contributed by atoms with Crippen LogP contribution in [0, 0.1) is 0 Å². The third-order valence-electron chi connectivity index (χ3n) is 3.49. The molecule has 6 nitrogen and oxygen atoms in total. The zero-order valence-electron chi connectivity index (χ0n) is 11.7. The molecule has 1 aliphatic heterocycles. The largest absolute Gasteiger partial charge is 0.347 e. The Morgan fingerprint density at radius 2 is 2.24 bits per heavy atom. The molecule has 0 bridgehead atoms. The van der Waals surface area contributed by atoms with Gasteiger partial charge in [0.15, 0.2) is 0 Å². The van der Waals surface area contributed by atoms with E-state index in [1.807, 2.05) is 0 Å². The maximum atomic E-state index is 12.5. The Balaban J connectivity index is 1.78. The quantitative estimate of drug-likeness (QED) is 0.878. The van der Waals surface area contributed by atoms with E-state index in [2.05, 4.69) is 15.3 Å². The van der Waals surface area contributed by atoms with Gasteiger partial charge in [-0.2, -0.15) is 0 Å². The van der Waals surface area contributed by atoms with Crippen molar-refractivity contribution < 1.29 is 9.59 Å². The Hall–Kier alpha value is -2.63. The number of hydrogen-bond acceptors (Lipinski definition) is 3. The van der Waals surface area contributed by atoms with Crippen LogP contribution in [-0.2, 0) is 17.8 Å². The molecule has 1 aliphatic rings. The summed E-state index contributed by atoms with van der Waals surface area (Å²) < 4.78 is 0. The Labute approximate surface area is 122 Å². The van der Waals surface area contributed by atoms with E-state index in [-0.39, 0.29) is 11.8 Å². The van der Waals surface area contributed by atoms with Crippen molar-refractivity contribution in [2.45, 2.75) is 19.9 Å². The molecule has 6 heteroatoms. The van der Waals surface area contributed by atoms with E-state index in [0.717, 1.165) is 17.8 Å². The van der Waals surface area contributed by atoms with Crippen LogP contribution >= 0.6 is 0 Å². The van der Waals surface area contributed by atoms with Gasteiger partial charge in [0.25, 0.3) is 5.91 Å². The molecular weight excluding hydrogens is 268 g/mol. The number of aromatic amines is 1. The van der Waals surface area contributed by atoms with Crippen LogP contribution in [0.4, 0.5) is 5.69 Å². The van der Waals surface area contributed by atoms with E-state index in [0.29, 0.717) is 24.3 Å². The van der Waals surface area contributed by atoms with Gasteiger partial charge in [0, 0.05) is 31.1 Å². The maximum absolute atomic E-state index is 12.5. The molecule has 0 radical (unpaired) electrons. The molecule has 2 heterocycles. The molecule has 0 fully saturated rings. The number of hydrogen-bond donors (Lipinski definition) is 2. The van der Waals surface area contributed by atoms with Crippen molar-refractivity contribution in [3.05, 3.63) is 47.5 Å². The van der Waals surface area contributed by atoms with E-state index in [1.54, 1.807) is 35.5 Å². The van der Waals surface area contributed by atoms with Gasteiger partial charge in [-0.25, -0.2) is 4.98 Å². The van der Waals surface area contributed by atoms with Gasteiger partial charge in [-0.05, 0) is 18.2 Å². The Kier molecular flexibility index (Phi) is 3.43. The second kappa shape index (κ2) is 5.40. The summed E-state index contributed by atoms with van der Waals surface area (Å²) in [6, 6.07) is 6.99. The van der Waals surface area contributed by atoms with Crippen molar-refractivity contribution in [2.75, 3.05) is 11.9 Å². The lowest BCUT2D eigenvalue weighted by Gasteiger charge is -2.26. The maximum Gasteiger partial charge on any atom is 0.254 e. The molecule has 0 atom stereocenters. The molecule has 3 rings (SSSR count). The average molecular weight is 284 g/mol. The normalized spacial score (nSPS) is 13.7. The zero-order valence-corrected chi connectivity index (χ0v) is 11.7. The van der Waals surface area contributed by atoms with Crippen LogP contribution in [0.2, 0.25) is 0 Å². The summed E-state index contributed by atoms with van der Waals surface area (Å²) in [7, 11) is 0. The number of imidazole rings is 1. The molecule has 108 valence electrons. The number of carbonyl (C=O) groups is 2. The average Bonchev–Trinajstić information content (AvgIpc) is 2.93. The van der Waals surface area contributed by atoms with Crippen LogP contribution in [0.5, 0.6) is 0 Å². The van der Waals surface area contributed by atoms with E-state index in [1.165, 1.54) is 6.92 Å². The van der Waals surface area contributed by atoms with Crippen molar-refractivity contribution >= 4 is 17.5 Å². The summed E-state index contributed by atoms with van der Waals surface area (Å²) in [6.45, 7) is 2.64. The number of anilines is 1. The first kappa shape index (κ1) is 13.4. The van der Waals surface area contributed by atoms with Crippen LogP contribution in [0.25, 0.3) is 0 Å². The first-order chi connectivity index (χ1) is 10.1. The van der Waals surface area contributed by atoms with Gasteiger partial charge in [0.1, 0.15) is 0 Å². The zero-order chi connectivity index (χ0) is 14.8. The number of nitrogens with one attached hydrogen (secondary N) is 2. The summed E-state index contributed by atoms with van der Waals surface area (Å²) in [5.41, 5.74) is 3.23. The summed E-state index contributed by atoms with van der Waals surface area (Å²) in [4.78, 5) is 32.7. The fourth-order valence-electron chi connectivity index (χ4n) is 2.50. The lowest BCUT2D eigenvalue weighted by Crippen LogP contribution is -2.36. The number of benzene rings is 1. The minimum atomic E-state index is -0.153. The Morgan fingerprint density at radius 1 is 1.38 bits per heavy atom. The number of fused-ring (bicyclic) bond motifs is 1. The van der Waals surface area contributed by atoms with Gasteiger partial charge in [0.2, 0.25) is 5.91 Å². The molecule has 2 aromatic rings. The number of nitrogens with zero attached hydrogens (tertiary/aromatic N) is 2. The Morgan fingerprint density at radius 3 is 3.05 bits per heavy atom. The van der Waals surface area contributed by atoms with Crippen LogP contribution in [0.1, 0.15) is 28.7 Å². The monoisotopic (exact) mass is 284 g/mol. The smallest absolute Gasteiger partial charge is 0.254 e. The third-order valence-corrected chi connectivity index (χ3v) is 3.49. The predicted octanol–water partition coefficient (Wildman–Crippen LogP) is 1.57. The van der Waals surface area contributed by atoms with Gasteiger partial charge in [-0.3, -0.25) is 9.59 Å². The first-order valence-corrected chi connectivity index (χ1v) is 6.81. The van der Waals surface area contributed by atoms with Crippen molar-refractivity contribution in [2.24, 2.45) is 0 Å². The van der Waals surface area contributed by atoms with E-state index in [4.69, 9.17) is 0 Å². The SMILES string of the molecule is CC(=O)Nc1cccc(C(=O)N2CCc3nc[nH]c3C2)c1. The van der Waals surface area contributed by atoms with Gasteiger partial charge >= 0.3 is 0 Å². The summed E-state index contributed by atoms with van der Waals surface area (Å²) >= 11 is 0. The highest BCUT2D eigenvalue weighted by molar-refractivity contribution is 5.96. The number of rotatable bonds is 2. The van der Waals surface area contributed by atoms with Crippen LogP contribution in [0.3, 0.4) is 0 Å². The number of carbonyl (C=O) groups excluding carboxylic acids is 2. The molecule has 1 aromatic carbocycles. The third kappa shape index (κ3) is 2.79. The second-order valence-electron chi connectivity index (χ2n) is 5.07. The van der Waals surface area contributed by atoms with E-state index >= 15 is 0 Å². The van der Waals surface area contributed by atoms with E-state index < -0.39 is 0 Å². The van der Waals surface area contributed by atoms with Gasteiger partial charge < -0.3 is 15.2 Å². The van der Waals surface area contributed by atoms with Crippen LogP contribution in [-0.4, -0.2) is 33.2 Å². The molecule has 0 saturated carbocycles. The fourth-order valence-corrected chi connectivity index (χ4v) is 2.50. The number of H-pyrrole nitrogens is 1. The predicted molar refractivity (Wildman–Crippen MR) is 77.8 cm³/mol. The van der Waals surface area contributed by atoms with Gasteiger partial charge in [-0.15, -0.1) is 0 Å². The van der Waals surface area contributed by atoms with Gasteiger partial charge in [-0.1, -0.05) is 6.07 Å². The van der Waals surface area contributed by atoms with Crippen molar-refractivity contribution in [3.8, 4) is 0 Å². The van der Waals surface area contributed by atoms with Crippen molar-refractivity contribution in [1.29, 1.82) is 0 Å². The van der Waals surface area contributed by atoms with Crippen molar-refractivity contribution in [3.63, 3.8) is 0 Å². The topological polar surface area (TPSA) is 78.1 Å². The molecule has 0 unspecified atom stereocenters. The highest BCUT2D eigenvalue weighted by Crippen LogP contribution is 2.19. The summed E-state index contributed by atoms with van der Waals surface area (Å²) in [5.74, 6) is -0.192. The highest BCUT2D eigenvalue weighted by Gasteiger charge is 2.23. The van der Waals surface area contributed by atoms with Crippen LogP contribution in [0.15, 0.2) is 30.6 Å². The van der Waals surface area contributed by atoms with Crippen molar-refractivity contribution in [1.82, 2.24) is 14.9 Å².